The van der Waals surface area contributed by atoms with Crippen LogP contribution in [0.25, 0.3) is 10.9 Å². The minimum Gasteiger partial charge on any atom is -0.366 e. The predicted octanol–water partition coefficient (Wildman–Crippen LogP) is 2.80. The number of benzene rings is 2. The molecule has 0 fully saturated rings. The zero-order valence-corrected chi connectivity index (χ0v) is 15.3. The second-order valence-electron chi connectivity index (χ2n) is 6.21. The van der Waals surface area contributed by atoms with Gasteiger partial charge in [-0.2, -0.15) is 0 Å². The number of amides is 1. The number of hydrogen-bond donors (Lipinski definition) is 3. The molecule has 1 aromatic heterocycles. The van der Waals surface area contributed by atoms with E-state index in [4.69, 9.17) is 5.73 Å². The van der Waals surface area contributed by atoms with E-state index in [2.05, 4.69) is 20.6 Å². The standard InChI is InChI=1S/C20H22FN5O/c1-3-17-25-18-14(19(22)27)5-4-6-15(18)20(26-17)24-16(11-23-2)12-7-9-13(21)10-8-12/h4-10,16,23H,3,11H2,1-2H3,(H2,22,27)(H,24,25,26)/t16-/m1/s1. The molecule has 0 unspecified atom stereocenters. The van der Waals surface area contributed by atoms with Crippen LogP contribution in [-0.4, -0.2) is 29.5 Å². The normalized spacial score (nSPS) is 12.1. The highest BCUT2D eigenvalue weighted by Crippen LogP contribution is 2.27. The minimum atomic E-state index is -0.530. The number of rotatable bonds is 7. The molecule has 0 saturated heterocycles. The topological polar surface area (TPSA) is 92.9 Å². The number of nitrogens with one attached hydrogen (secondary N) is 2. The van der Waals surface area contributed by atoms with Crippen molar-refractivity contribution in [1.82, 2.24) is 15.3 Å². The highest BCUT2D eigenvalue weighted by Gasteiger charge is 2.17. The number of hydrogen-bond acceptors (Lipinski definition) is 5. The van der Waals surface area contributed by atoms with E-state index in [1.54, 1.807) is 24.3 Å². The second kappa shape index (κ2) is 8.09. The molecule has 4 N–H and O–H groups in total. The summed E-state index contributed by atoms with van der Waals surface area (Å²) in [7, 11) is 1.85. The second-order valence-corrected chi connectivity index (χ2v) is 6.21. The van der Waals surface area contributed by atoms with Gasteiger partial charge in [-0.1, -0.05) is 25.1 Å². The van der Waals surface area contributed by atoms with E-state index in [1.807, 2.05) is 20.0 Å². The Hall–Kier alpha value is -3.06. The van der Waals surface area contributed by atoms with E-state index in [1.165, 1.54) is 12.1 Å². The lowest BCUT2D eigenvalue weighted by Gasteiger charge is -2.21. The zero-order chi connectivity index (χ0) is 19.4. The van der Waals surface area contributed by atoms with Crippen molar-refractivity contribution in [2.75, 3.05) is 18.9 Å². The third kappa shape index (κ3) is 4.03. The molecule has 3 aromatic rings. The number of likely N-dealkylation sites (N-methyl/N-ethyl adjacent to an activating group) is 1. The molecule has 1 heterocycles. The van der Waals surface area contributed by atoms with Gasteiger partial charge in [0, 0.05) is 18.4 Å². The van der Waals surface area contributed by atoms with E-state index >= 15 is 0 Å². The Kier molecular flexibility index (Phi) is 5.61. The molecule has 3 rings (SSSR count). The largest absolute Gasteiger partial charge is 0.366 e. The van der Waals surface area contributed by atoms with Gasteiger partial charge in [-0.05, 0) is 36.9 Å². The summed E-state index contributed by atoms with van der Waals surface area (Å²) in [6.07, 6.45) is 0.616. The monoisotopic (exact) mass is 367 g/mol. The summed E-state index contributed by atoms with van der Waals surface area (Å²) in [5.41, 5.74) is 7.32. The SMILES string of the molecule is CCc1nc(N[C@H](CNC)c2ccc(F)cc2)c2cccc(C(N)=O)c2n1. The van der Waals surface area contributed by atoms with Crippen LogP contribution in [-0.2, 0) is 6.42 Å². The number of aryl methyl sites for hydroxylation is 1. The fourth-order valence-electron chi connectivity index (χ4n) is 2.98. The van der Waals surface area contributed by atoms with Crippen molar-refractivity contribution in [2.24, 2.45) is 5.73 Å². The van der Waals surface area contributed by atoms with Gasteiger partial charge in [0.15, 0.2) is 0 Å². The fourth-order valence-corrected chi connectivity index (χ4v) is 2.98. The lowest BCUT2D eigenvalue weighted by atomic mass is 10.1. The summed E-state index contributed by atoms with van der Waals surface area (Å²) in [5.74, 6) is 0.414. The maximum Gasteiger partial charge on any atom is 0.250 e. The summed E-state index contributed by atoms with van der Waals surface area (Å²) in [6, 6.07) is 11.5. The summed E-state index contributed by atoms with van der Waals surface area (Å²) in [5, 5.41) is 7.26. The van der Waals surface area contributed by atoms with E-state index < -0.39 is 5.91 Å². The fraction of sp³-hybridized carbons (Fsp3) is 0.250. The van der Waals surface area contributed by atoms with Crippen LogP contribution in [0.15, 0.2) is 42.5 Å². The molecule has 0 bridgehead atoms. The Balaban J connectivity index is 2.09. The van der Waals surface area contributed by atoms with Crippen molar-refractivity contribution in [3.63, 3.8) is 0 Å². The van der Waals surface area contributed by atoms with Crippen molar-refractivity contribution in [1.29, 1.82) is 0 Å². The average molecular weight is 367 g/mol. The van der Waals surface area contributed by atoms with Gasteiger partial charge < -0.3 is 16.4 Å². The number of para-hydroxylation sites is 1. The van der Waals surface area contributed by atoms with Crippen LogP contribution in [0.5, 0.6) is 0 Å². The molecular formula is C20H22FN5O. The number of anilines is 1. The quantitative estimate of drug-likeness (QED) is 0.597. The first-order valence-electron chi connectivity index (χ1n) is 8.79. The molecule has 6 nitrogen and oxygen atoms in total. The third-order valence-corrected chi connectivity index (χ3v) is 4.35. The average Bonchev–Trinajstić information content (AvgIpc) is 2.67. The Bertz CT molecular complexity index is 958. The molecule has 2 aromatic carbocycles. The number of nitrogens with zero attached hydrogens (tertiary/aromatic N) is 2. The van der Waals surface area contributed by atoms with Crippen LogP contribution in [0.2, 0.25) is 0 Å². The third-order valence-electron chi connectivity index (χ3n) is 4.35. The van der Waals surface area contributed by atoms with Gasteiger partial charge in [0.05, 0.1) is 17.1 Å². The molecule has 1 atom stereocenters. The summed E-state index contributed by atoms with van der Waals surface area (Å²) in [4.78, 5) is 20.9. The van der Waals surface area contributed by atoms with Crippen molar-refractivity contribution >= 4 is 22.6 Å². The highest BCUT2D eigenvalue weighted by molar-refractivity contribution is 6.07. The maximum atomic E-state index is 13.3. The first kappa shape index (κ1) is 18.7. The van der Waals surface area contributed by atoms with Gasteiger partial charge >= 0.3 is 0 Å². The van der Waals surface area contributed by atoms with Crippen LogP contribution in [0.1, 0.15) is 34.7 Å². The molecule has 0 aliphatic carbocycles. The Morgan fingerprint density at radius 2 is 1.93 bits per heavy atom. The van der Waals surface area contributed by atoms with E-state index in [-0.39, 0.29) is 11.9 Å². The number of nitrogens with two attached hydrogens (primary N) is 1. The summed E-state index contributed by atoms with van der Waals surface area (Å²) in [6.45, 7) is 2.55. The number of carbonyl (C=O) groups excluding carboxylic acids is 1. The van der Waals surface area contributed by atoms with Crippen LogP contribution in [0.4, 0.5) is 10.2 Å². The van der Waals surface area contributed by atoms with Gasteiger partial charge in [-0.15, -0.1) is 0 Å². The highest BCUT2D eigenvalue weighted by atomic mass is 19.1. The van der Waals surface area contributed by atoms with Gasteiger partial charge in [-0.3, -0.25) is 4.79 Å². The van der Waals surface area contributed by atoms with Crippen LogP contribution in [0, 0.1) is 5.82 Å². The van der Waals surface area contributed by atoms with Crippen molar-refractivity contribution in [3.05, 3.63) is 65.2 Å². The number of aromatic nitrogens is 2. The number of carbonyl (C=O) groups is 1. The molecule has 7 heteroatoms. The molecule has 0 radical (unpaired) electrons. The first-order valence-corrected chi connectivity index (χ1v) is 8.79. The molecule has 1 amide bonds. The molecule has 0 aliphatic heterocycles. The van der Waals surface area contributed by atoms with Crippen LogP contribution in [0.3, 0.4) is 0 Å². The predicted molar refractivity (Wildman–Crippen MR) is 104 cm³/mol. The Morgan fingerprint density at radius 3 is 2.56 bits per heavy atom. The summed E-state index contributed by atoms with van der Waals surface area (Å²) >= 11 is 0. The summed E-state index contributed by atoms with van der Waals surface area (Å²) < 4.78 is 13.3. The van der Waals surface area contributed by atoms with Gasteiger partial charge in [0.25, 0.3) is 5.91 Å². The number of halogens is 1. The first-order chi connectivity index (χ1) is 13.0. The van der Waals surface area contributed by atoms with Crippen LogP contribution < -0.4 is 16.4 Å². The molecular weight excluding hydrogens is 345 g/mol. The Morgan fingerprint density at radius 1 is 1.19 bits per heavy atom. The van der Waals surface area contributed by atoms with Crippen molar-refractivity contribution in [2.45, 2.75) is 19.4 Å². The maximum absolute atomic E-state index is 13.3. The lowest BCUT2D eigenvalue weighted by Crippen LogP contribution is -2.24. The van der Waals surface area contributed by atoms with Crippen molar-refractivity contribution in [3.8, 4) is 0 Å². The minimum absolute atomic E-state index is 0.143. The lowest BCUT2D eigenvalue weighted by molar-refractivity contribution is 0.100. The zero-order valence-electron chi connectivity index (χ0n) is 15.3. The molecule has 27 heavy (non-hydrogen) atoms. The van der Waals surface area contributed by atoms with Gasteiger partial charge in [0.2, 0.25) is 0 Å². The molecule has 0 aliphatic rings. The number of primary amides is 1. The molecule has 0 spiro atoms. The number of fused-ring (bicyclic) bond motifs is 1. The van der Waals surface area contributed by atoms with E-state index in [0.717, 1.165) is 5.56 Å². The Labute approximate surface area is 157 Å². The van der Waals surface area contributed by atoms with Gasteiger partial charge in [0.1, 0.15) is 17.5 Å². The van der Waals surface area contributed by atoms with E-state index in [0.29, 0.717) is 41.1 Å². The van der Waals surface area contributed by atoms with Gasteiger partial charge in [-0.25, -0.2) is 14.4 Å². The van der Waals surface area contributed by atoms with Crippen molar-refractivity contribution < 1.29 is 9.18 Å². The van der Waals surface area contributed by atoms with E-state index in [9.17, 15) is 9.18 Å². The molecule has 140 valence electrons. The smallest absolute Gasteiger partial charge is 0.250 e. The van der Waals surface area contributed by atoms with Crippen LogP contribution >= 0.6 is 0 Å². The molecule has 0 saturated carbocycles.